The highest BCUT2D eigenvalue weighted by molar-refractivity contribution is 6.19. The summed E-state index contributed by atoms with van der Waals surface area (Å²) in [6.07, 6.45) is 2.36. The zero-order valence-electron chi connectivity index (χ0n) is 18.6. The van der Waals surface area contributed by atoms with E-state index in [0.717, 1.165) is 28.7 Å². The maximum absolute atomic E-state index is 13.3. The standard InChI is InChI=1S/C25H22F2N4O4/c1-14-5-9-21(24(34)28-14)31-23(33)13-20(25(31)35)29-16-4-2-3-15(11-16)6-10-22(32)30-17-7-8-18(26)19(27)12-17/h2-4,7-8,11-13,21,29H,1,5-6,9-10H2,(H,28,34)(H,30,32). The van der Waals surface area contributed by atoms with Crippen LogP contribution in [0.15, 0.2) is 66.5 Å². The maximum Gasteiger partial charge on any atom is 0.278 e. The molecule has 0 spiro atoms. The summed E-state index contributed by atoms with van der Waals surface area (Å²) >= 11 is 0. The normalized spacial score (nSPS) is 17.8. The minimum atomic E-state index is -1.05. The van der Waals surface area contributed by atoms with E-state index in [-0.39, 0.29) is 23.7 Å². The van der Waals surface area contributed by atoms with Crippen LogP contribution in [0.1, 0.15) is 24.8 Å². The molecule has 0 radical (unpaired) electrons. The van der Waals surface area contributed by atoms with Crippen LogP contribution in [0.25, 0.3) is 0 Å². The fourth-order valence-corrected chi connectivity index (χ4v) is 3.89. The summed E-state index contributed by atoms with van der Waals surface area (Å²) in [7, 11) is 0. The van der Waals surface area contributed by atoms with Gasteiger partial charge in [-0.2, -0.15) is 0 Å². The van der Waals surface area contributed by atoms with Crippen LogP contribution < -0.4 is 16.0 Å². The molecule has 4 rings (SSSR count). The lowest BCUT2D eigenvalue weighted by atomic mass is 10.0. The molecule has 4 amide bonds. The molecule has 0 bridgehead atoms. The predicted octanol–water partition coefficient (Wildman–Crippen LogP) is 2.99. The molecule has 1 saturated heterocycles. The van der Waals surface area contributed by atoms with Gasteiger partial charge < -0.3 is 16.0 Å². The highest BCUT2D eigenvalue weighted by Gasteiger charge is 2.41. The monoisotopic (exact) mass is 480 g/mol. The number of hydrogen-bond acceptors (Lipinski definition) is 5. The molecule has 8 nitrogen and oxygen atoms in total. The van der Waals surface area contributed by atoms with Crippen LogP contribution in [0.4, 0.5) is 20.2 Å². The van der Waals surface area contributed by atoms with Crippen molar-refractivity contribution in [2.24, 2.45) is 0 Å². The summed E-state index contributed by atoms with van der Waals surface area (Å²) in [5.41, 5.74) is 2.04. The molecule has 35 heavy (non-hydrogen) atoms. The molecule has 0 aliphatic carbocycles. The van der Waals surface area contributed by atoms with Crippen molar-refractivity contribution in [1.29, 1.82) is 0 Å². The highest BCUT2D eigenvalue weighted by atomic mass is 19.2. The van der Waals surface area contributed by atoms with Crippen LogP contribution in [-0.4, -0.2) is 34.6 Å². The average Bonchev–Trinajstić information content (AvgIpc) is 3.08. The summed E-state index contributed by atoms with van der Waals surface area (Å²) in [6.45, 7) is 3.70. The Bertz CT molecular complexity index is 1270. The second-order valence-corrected chi connectivity index (χ2v) is 8.22. The molecule has 180 valence electrons. The van der Waals surface area contributed by atoms with E-state index in [1.807, 2.05) is 0 Å². The molecule has 10 heteroatoms. The Morgan fingerprint density at radius 3 is 2.63 bits per heavy atom. The van der Waals surface area contributed by atoms with Gasteiger partial charge in [-0.15, -0.1) is 0 Å². The number of allylic oxidation sites excluding steroid dienone is 1. The quantitative estimate of drug-likeness (QED) is 0.528. The van der Waals surface area contributed by atoms with Crippen molar-refractivity contribution in [2.75, 3.05) is 10.6 Å². The van der Waals surface area contributed by atoms with Gasteiger partial charge in [0.05, 0.1) is 0 Å². The minimum absolute atomic E-state index is 0.0421. The molecule has 2 aromatic carbocycles. The maximum atomic E-state index is 13.3. The molecule has 2 aromatic rings. The number of carbonyl (C=O) groups excluding carboxylic acids is 4. The number of halogens is 2. The van der Waals surface area contributed by atoms with Crippen LogP contribution >= 0.6 is 0 Å². The van der Waals surface area contributed by atoms with Gasteiger partial charge in [-0.1, -0.05) is 18.7 Å². The number of aryl methyl sites for hydroxylation is 1. The van der Waals surface area contributed by atoms with E-state index in [1.165, 1.54) is 6.07 Å². The van der Waals surface area contributed by atoms with Crippen molar-refractivity contribution in [3.63, 3.8) is 0 Å². The van der Waals surface area contributed by atoms with Crippen LogP contribution in [0.3, 0.4) is 0 Å². The molecule has 1 fully saturated rings. The molecule has 3 N–H and O–H groups in total. The van der Waals surface area contributed by atoms with Gasteiger partial charge >= 0.3 is 0 Å². The minimum Gasteiger partial charge on any atom is -0.351 e. The molecule has 0 saturated carbocycles. The molecule has 1 atom stereocenters. The van der Waals surface area contributed by atoms with E-state index in [9.17, 15) is 28.0 Å². The first kappa shape index (κ1) is 23.8. The van der Waals surface area contributed by atoms with Crippen LogP contribution in [-0.2, 0) is 25.6 Å². The zero-order valence-corrected chi connectivity index (χ0v) is 18.6. The van der Waals surface area contributed by atoms with Crippen molar-refractivity contribution in [3.05, 3.63) is 83.7 Å². The first-order chi connectivity index (χ1) is 16.7. The second-order valence-electron chi connectivity index (χ2n) is 8.22. The Kier molecular flexibility index (Phi) is 6.72. The average molecular weight is 480 g/mol. The van der Waals surface area contributed by atoms with E-state index in [0.29, 0.717) is 30.6 Å². The van der Waals surface area contributed by atoms with E-state index in [2.05, 4.69) is 22.5 Å². The largest absolute Gasteiger partial charge is 0.351 e. The van der Waals surface area contributed by atoms with Gasteiger partial charge in [0.2, 0.25) is 11.8 Å². The molecule has 0 aromatic heterocycles. The van der Waals surface area contributed by atoms with Crippen LogP contribution in [0, 0.1) is 11.6 Å². The van der Waals surface area contributed by atoms with E-state index >= 15 is 0 Å². The number of amides is 4. The van der Waals surface area contributed by atoms with Crippen molar-refractivity contribution >= 4 is 35.0 Å². The Hall–Kier alpha value is -4.34. The fourth-order valence-electron chi connectivity index (χ4n) is 3.89. The third kappa shape index (κ3) is 5.43. The highest BCUT2D eigenvalue weighted by Crippen LogP contribution is 2.24. The summed E-state index contributed by atoms with van der Waals surface area (Å²) in [5, 5.41) is 8.00. The lowest BCUT2D eigenvalue weighted by molar-refractivity contribution is -0.146. The van der Waals surface area contributed by atoms with Gasteiger partial charge in [0.25, 0.3) is 11.8 Å². The summed E-state index contributed by atoms with van der Waals surface area (Å²) in [6, 6.07) is 9.15. The Labute approximate surface area is 199 Å². The SMILES string of the molecule is C=C1CCC(N2C(=O)C=C(Nc3cccc(CCC(=O)Nc4ccc(F)c(F)c4)c3)C2=O)C(=O)N1. The van der Waals surface area contributed by atoms with E-state index < -0.39 is 35.4 Å². The topological polar surface area (TPSA) is 108 Å². The van der Waals surface area contributed by atoms with Crippen molar-refractivity contribution in [1.82, 2.24) is 10.2 Å². The van der Waals surface area contributed by atoms with Gasteiger partial charge in [0.15, 0.2) is 11.6 Å². The number of anilines is 2. The number of imide groups is 1. The predicted molar refractivity (Wildman–Crippen MR) is 124 cm³/mol. The molecular formula is C25H22F2N4O4. The van der Waals surface area contributed by atoms with Crippen molar-refractivity contribution in [3.8, 4) is 0 Å². The number of rotatable bonds is 7. The summed E-state index contributed by atoms with van der Waals surface area (Å²) in [4.78, 5) is 50.6. The van der Waals surface area contributed by atoms with Crippen LogP contribution in [0.2, 0.25) is 0 Å². The lowest BCUT2D eigenvalue weighted by Crippen LogP contribution is -2.52. The number of hydrogen-bond donors (Lipinski definition) is 3. The third-order valence-corrected chi connectivity index (χ3v) is 5.64. The number of piperidine rings is 1. The van der Waals surface area contributed by atoms with Crippen molar-refractivity contribution in [2.45, 2.75) is 31.7 Å². The Balaban J connectivity index is 1.35. The van der Waals surface area contributed by atoms with E-state index in [4.69, 9.17) is 0 Å². The Morgan fingerprint density at radius 1 is 1.09 bits per heavy atom. The van der Waals surface area contributed by atoms with Gasteiger partial charge in [-0.3, -0.25) is 24.1 Å². The van der Waals surface area contributed by atoms with E-state index in [1.54, 1.807) is 24.3 Å². The molecule has 2 heterocycles. The molecular weight excluding hydrogens is 458 g/mol. The lowest BCUT2D eigenvalue weighted by Gasteiger charge is -2.29. The fraction of sp³-hybridized carbons (Fsp3) is 0.200. The first-order valence-corrected chi connectivity index (χ1v) is 10.9. The number of benzene rings is 2. The number of nitrogens with zero attached hydrogens (tertiary/aromatic N) is 1. The Morgan fingerprint density at radius 2 is 1.89 bits per heavy atom. The van der Waals surface area contributed by atoms with Crippen molar-refractivity contribution < 1.29 is 28.0 Å². The van der Waals surface area contributed by atoms with Gasteiger partial charge in [-0.05, 0) is 49.1 Å². The van der Waals surface area contributed by atoms with Gasteiger partial charge in [-0.25, -0.2) is 8.78 Å². The zero-order chi connectivity index (χ0) is 25.1. The van der Waals surface area contributed by atoms with Crippen LogP contribution in [0.5, 0.6) is 0 Å². The van der Waals surface area contributed by atoms with Gasteiger partial charge in [0.1, 0.15) is 11.7 Å². The molecule has 1 unspecified atom stereocenters. The third-order valence-electron chi connectivity index (χ3n) is 5.64. The number of carbonyl (C=O) groups is 4. The number of nitrogens with one attached hydrogen (secondary N) is 3. The second kappa shape index (κ2) is 9.88. The summed E-state index contributed by atoms with van der Waals surface area (Å²) < 4.78 is 26.3. The van der Waals surface area contributed by atoms with Gasteiger partial charge in [0, 0.05) is 35.6 Å². The summed E-state index contributed by atoms with van der Waals surface area (Å²) in [5.74, 6) is -4.04. The first-order valence-electron chi connectivity index (χ1n) is 10.9. The smallest absolute Gasteiger partial charge is 0.278 e. The molecule has 2 aliphatic rings. The molecule has 2 aliphatic heterocycles.